The monoisotopic (exact) mass is 677 g/mol. The average molecular weight is 678 g/mol. The van der Waals surface area contributed by atoms with Crippen LogP contribution in [-0.2, 0) is 6.42 Å². The van der Waals surface area contributed by atoms with Gasteiger partial charge in [-0.05, 0) is 87.8 Å². The van der Waals surface area contributed by atoms with Crippen LogP contribution in [0.15, 0.2) is 182 Å². The van der Waals surface area contributed by atoms with Gasteiger partial charge in [-0.15, -0.1) is 0 Å². The molecule has 0 radical (unpaired) electrons. The van der Waals surface area contributed by atoms with E-state index in [-0.39, 0.29) is 0 Å². The second-order valence-electron chi connectivity index (χ2n) is 13.7. The van der Waals surface area contributed by atoms with Crippen molar-refractivity contribution in [1.82, 2.24) is 14.5 Å². The van der Waals surface area contributed by atoms with Crippen LogP contribution in [0.3, 0.4) is 0 Å². The van der Waals surface area contributed by atoms with Crippen molar-refractivity contribution < 1.29 is 0 Å². The molecule has 3 heteroatoms. The van der Waals surface area contributed by atoms with E-state index in [1.54, 1.807) is 0 Å². The Kier molecular flexibility index (Phi) is 7.62. The smallest absolute Gasteiger partial charge is 0.160 e. The van der Waals surface area contributed by atoms with Crippen molar-refractivity contribution in [3.63, 3.8) is 0 Å². The van der Waals surface area contributed by atoms with Gasteiger partial charge < -0.3 is 4.57 Å². The van der Waals surface area contributed by atoms with Crippen LogP contribution in [0, 0.1) is 0 Å². The fourth-order valence-electron chi connectivity index (χ4n) is 7.88. The molecule has 1 aliphatic rings. The van der Waals surface area contributed by atoms with Gasteiger partial charge in [0.25, 0.3) is 0 Å². The van der Waals surface area contributed by atoms with Gasteiger partial charge in [-0.1, -0.05) is 152 Å². The minimum Gasteiger partial charge on any atom is -0.310 e. The number of para-hydroxylation sites is 1. The molecule has 0 saturated heterocycles. The van der Waals surface area contributed by atoms with Crippen LogP contribution in [-0.4, -0.2) is 14.5 Å². The number of hydrogen-bond donors (Lipinski definition) is 0. The van der Waals surface area contributed by atoms with E-state index < -0.39 is 0 Å². The van der Waals surface area contributed by atoms with Crippen LogP contribution in [0.5, 0.6) is 0 Å². The first-order chi connectivity index (χ1) is 26.3. The lowest BCUT2D eigenvalue weighted by Gasteiger charge is -2.14. The minimum atomic E-state index is 0.720. The quantitative estimate of drug-likeness (QED) is 0.175. The number of allylic oxidation sites excluding steroid dienone is 1. The Morgan fingerprint density at radius 3 is 1.91 bits per heavy atom. The summed E-state index contributed by atoms with van der Waals surface area (Å²) in [5.41, 5.74) is 14.9. The largest absolute Gasteiger partial charge is 0.310 e. The van der Waals surface area contributed by atoms with Crippen molar-refractivity contribution in [2.75, 3.05) is 0 Å². The third-order valence-corrected chi connectivity index (χ3v) is 10.5. The van der Waals surface area contributed by atoms with E-state index in [0.29, 0.717) is 0 Å². The molecule has 0 atom stereocenters. The molecule has 1 aliphatic carbocycles. The zero-order valence-corrected chi connectivity index (χ0v) is 29.2. The molecule has 2 heterocycles. The summed E-state index contributed by atoms with van der Waals surface area (Å²) < 4.78 is 2.43. The van der Waals surface area contributed by atoms with Crippen LogP contribution in [0.25, 0.3) is 89.6 Å². The summed E-state index contributed by atoms with van der Waals surface area (Å²) in [6, 6.07) is 62.7. The zero-order valence-electron chi connectivity index (χ0n) is 29.2. The molecule has 0 N–H and O–H groups in total. The van der Waals surface area contributed by atoms with Gasteiger partial charge in [0.2, 0.25) is 0 Å². The van der Waals surface area contributed by atoms with E-state index in [1.165, 1.54) is 60.9 Å². The highest BCUT2D eigenvalue weighted by molar-refractivity contribution is 5.99. The van der Waals surface area contributed by atoms with Gasteiger partial charge >= 0.3 is 0 Å². The molecule has 9 aromatic rings. The summed E-state index contributed by atoms with van der Waals surface area (Å²) in [5, 5.41) is 3.80. The number of nitrogens with zero attached hydrogens (tertiary/aromatic N) is 3. The van der Waals surface area contributed by atoms with Crippen LogP contribution in [0.2, 0.25) is 0 Å². The molecule has 0 unspecified atom stereocenters. The number of rotatable bonds is 6. The molecule has 3 nitrogen and oxygen atoms in total. The van der Waals surface area contributed by atoms with Gasteiger partial charge in [0, 0.05) is 33.5 Å². The van der Waals surface area contributed by atoms with Crippen LogP contribution in [0.4, 0.5) is 0 Å². The predicted octanol–water partition coefficient (Wildman–Crippen LogP) is 12.9. The summed E-state index contributed by atoms with van der Waals surface area (Å²) >= 11 is 0. The maximum absolute atomic E-state index is 5.05. The second kappa shape index (κ2) is 13.0. The normalized spacial score (nSPS) is 12.3. The van der Waals surface area contributed by atoms with Crippen LogP contribution in [0.1, 0.15) is 17.7 Å². The van der Waals surface area contributed by atoms with E-state index in [9.17, 15) is 0 Å². The highest BCUT2D eigenvalue weighted by atomic mass is 15.0. The Bertz CT molecular complexity index is 2750. The van der Waals surface area contributed by atoms with E-state index >= 15 is 0 Å². The van der Waals surface area contributed by atoms with Gasteiger partial charge in [-0.25, -0.2) is 9.97 Å². The van der Waals surface area contributed by atoms with Crippen molar-refractivity contribution in [2.45, 2.75) is 12.8 Å². The zero-order chi connectivity index (χ0) is 35.1. The molecule has 250 valence electrons. The molecule has 7 aromatic carbocycles. The molecular formula is C50H35N3. The Labute approximate surface area is 309 Å². The maximum atomic E-state index is 5.05. The molecule has 0 spiro atoms. The highest BCUT2D eigenvalue weighted by Gasteiger charge is 2.18. The van der Waals surface area contributed by atoms with Crippen molar-refractivity contribution in [2.24, 2.45) is 0 Å². The van der Waals surface area contributed by atoms with E-state index in [4.69, 9.17) is 9.97 Å². The lowest BCUT2D eigenvalue weighted by Crippen LogP contribution is -2.00. The van der Waals surface area contributed by atoms with Gasteiger partial charge in [0.05, 0.1) is 16.9 Å². The number of fused-ring (bicyclic) bond motifs is 4. The first-order valence-electron chi connectivity index (χ1n) is 18.3. The van der Waals surface area contributed by atoms with E-state index in [2.05, 4.69) is 156 Å². The summed E-state index contributed by atoms with van der Waals surface area (Å²) in [6.07, 6.45) is 6.77. The molecule has 0 bridgehead atoms. The first kappa shape index (κ1) is 30.9. The summed E-state index contributed by atoms with van der Waals surface area (Å²) in [6.45, 7) is 0. The molecule has 0 amide bonds. The van der Waals surface area contributed by atoms with Gasteiger partial charge in [0.1, 0.15) is 0 Å². The molecule has 0 fully saturated rings. The number of aryl methyl sites for hydroxylation is 1. The molecular weight excluding hydrogens is 643 g/mol. The third-order valence-electron chi connectivity index (χ3n) is 10.5. The number of hydrogen-bond acceptors (Lipinski definition) is 2. The fraction of sp³-hybridized carbons (Fsp3) is 0.0400. The van der Waals surface area contributed by atoms with Crippen molar-refractivity contribution in [1.29, 1.82) is 0 Å². The van der Waals surface area contributed by atoms with Crippen molar-refractivity contribution in [3.8, 4) is 61.8 Å². The topological polar surface area (TPSA) is 30.7 Å². The lowest BCUT2D eigenvalue weighted by molar-refractivity contribution is 0.968. The fourth-order valence-corrected chi connectivity index (χ4v) is 7.88. The molecule has 10 rings (SSSR count). The minimum absolute atomic E-state index is 0.720. The van der Waals surface area contributed by atoms with Crippen molar-refractivity contribution >= 4 is 27.8 Å². The third kappa shape index (κ3) is 5.64. The Morgan fingerprint density at radius 2 is 1.09 bits per heavy atom. The lowest BCUT2D eigenvalue weighted by atomic mass is 9.94. The Balaban J connectivity index is 1.03. The average Bonchev–Trinajstić information content (AvgIpc) is 3.58. The SMILES string of the molecule is C1=Cc2c(c3ccccc3n2-c2cccc(-c3ccc4cccc(-c5ccc(-c6cc(-c7ccccc7)nc(-c7ccccc7)n6)cc5)c4c3)c2)CC1. The second-order valence-corrected chi connectivity index (χ2v) is 13.7. The van der Waals surface area contributed by atoms with Crippen LogP contribution < -0.4 is 0 Å². The molecule has 2 aromatic heterocycles. The molecule has 0 saturated carbocycles. The summed E-state index contributed by atoms with van der Waals surface area (Å²) in [7, 11) is 0. The van der Waals surface area contributed by atoms with Gasteiger partial charge in [-0.2, -0.15) is 0 Å². The van der Waals surface area contributed by atoms with Gasteiger partial charge in [0.15, 0.2) is 5.82 Å². The standard InChI is InChI=1S/C50H35N3/c1-3-13-36(14-4-1)46-33-47(52-50(51-46)38-15-5-2-6-16-38)37-28-25-35(26-29-37)42-22-12-17-34-27-30-40(32-45(34)42)39-18-11-19-41(31-39)53-48-23-9-7-20-43(48)44-21-8-10-24-49(44)53/h1-7,9-20,22-33H,8,21H2. The number of aromatic nitrogens is 3. The van der Waals surface area contributed by atoms with Gasteiger partial charge in [-0.3, -0.25) is 0 Å². The van der Waals surface area contributed by atoms with Crippen LogP contribution >= 0.6 is 0 Å². The number of benzene rings is 7. The Morgan fingerprint density at radius 1 is 0.453 bits per heavy atom. The molecule has 0 aliphatic heterocycles. The summed E-state index contributed by atoms with van der Waals surface area (Å²) in [5.74, 6) is 0.720. The summed E-state index contributed by atoms with van der Waals surface area (Å²) in [4.78, 5) is 10.0. The Hall–Kier alpha value is -6.84. The van der Waals surface area contributed by atoms with E-state index in [1.807, 2.05) is 36.4 Å². The van der Waals surface area contributed by atoms with Crippen molar-refractivity contribution in [3.05, 3.63) is 193 Å². The van der Waals surface area contributed by atoms with E-state index in [0.717, 1.165) is 46.7 Å². The predicted molar refractivity (Wildman–Crippen MR) is 221 cm³/mol. The highest BCUT2D eigenvalue weighted by Crippen LogP contribution is 2.37. The first-order valence-corrected chi connectivity index (χ1v) is 18.3. The molecule has 53 heavy (non-hydrogen) atoms. The maximum Gasteiger partial charge on any atom is 0.160 e.